The van der Waals surface area contributed by atoms with E-state index in [0.717, 1.165) is 37.0 Å². The van der Waals surface area contributed by atoms with Gasteiger partial charge in [0.1, 0.15) is 11.9 Å². The van der Waals surface area contributed by atoms with Gasteiger partial charge in [-0.3, -0.25) is 0 Å². The Balaban J connectivity index is 1.87. The largest absolute Gasteiger partial charge is 0.469 e. The van der Waals surface area contributed by atoms with E-state index in [1.807, 2.05) is 13.2 Å². The minimum absolute atomic E-state index is 0.123. The number of hydrogen-bond donors (Lipinski definition) is 1. The summed E-state index contributed by atoms with van der Waals surface area (Å²) in [6, 6.07) is 0. The summed E-state index contributed by atoms with van der Waals surface area (Å²) in [4.78, 5) is 12.2. The monoisotopic (exact) mass is 332 g/mol. The zero-order valence-corrected chi connectivity index (χ0v) is 15.1. The molecule has 0 aliphatic heterocycles. The number of aliphatic hydroxyl groups is 1. The Labute approximate surface area is 143 Å². The number of aliphatic hydroxyl groups excluding tert-OH is 1. The van der Waals surface area contributed by atoms with Crippen LogP contribution in [-0.2, 0) is 22.4 Å². The fourth-order valence-electron chi connectivity index (χ4n) is 4.58. The van der Waals surface area contributed by atoms with Gasteiger partial charge in [-0.2, -0.15) is 0 Å². The van der Waals surface area contributed by atoms with E-state index >= 15 is 0 Å². The molecule has 4 unspecified atom stereocenters. The molecule has 0 saturated heterocycles. The van der Waals surface area contributed by atoms with Crippen LogP contribution in [0, 0.1) is 24.2 Å². The summed E-state index contributed by atoms with van der Waals surface area (Å²) in [5.41, 5.74) is 2.81. The maximum Gasteiger partial charge on any atom is 0.333 e. The van der Waals surface area contributed by atoms with Crippen molar-refractivity contribution in [1.82, 2.24) is 0 Å². The quantitative estimate of drug-likeness (QED) is 0.679. The molecule has 3 rings (SSSR count). The molecule has 2 aliphatic carbocycles. The van der Waals surface area contributed by atoms with Crippen LogP contribution in [0.2, 0.25) is 0 Å². The molecular weight excluding hydrogens is 304 g/mol. The third-order valence-electron chi connectivity index (χ3n) is 6.51. The van der Waals surface area contributed by atoms with Crippen LogP contribution in [0.4, 0.5) is 0 Å². The van der Waals surface area contributed by atoms with Crippen molar-refractivity contribution in [1.29, 1.82) is 0 Å². The molecule has 4 nitrogen and oxygen atoms in total. The Kier molecular flexibility index (Phi) is 4.60. The number of carbonyl (C=O) groups is 1. The SMILES string of the molecule is CC=C(C)C(=O)OC1CCC2Cc3occ(C)c3CC2(CO)C1C. The third kappa shape index (κ3) is 2.61. The molecule has 1 aromatic rings. The van der Waals surface area contributed by atoms with Crippen LogP contribution in [0.5, 0.6) is 0 Å². The molecule has 0 radical (unpaired) electrons. The van der Waals surface area contributed by atoms with Crippen LogP contribution < -0.4 is 0 Å². The van der Waals surface area contributed by atoms with Gasteiger partial charge in [0.2, 0.25) is 0 Å². The van der Waals surface area contributed by atoms with E-state index in [1.54, 1.807) is 13.0 Å². The molecule has 2 aliphatic rings. The second-order valence-corrected chi connectivity index (χ2v) is 7.57. The van der Waals surface area contributed by atoms with Crippen molar-refractivity contribution in [2.24, 2.45) is 17.3 Å². The lowest BCUT2D eigenvalue weighted by Gasteiger charge is -2.52. The normalized spacial score (nSPS) is 32.9. The summed E-state index contributed by atoms with van der Waals surface area (Å²) < 4.78 is 11.5. The highest BCUT2D eigenvalue weighted by Gasteiger charge is 2.53. The number of hydrogen-bond acceptors (Lipinski definition) is 4. The van der Waals surface area contributed by atoms with Crippen molar-refractivity contribution in [2.75, 3.05) is 6.61 Å². The second kappa shape index (κ2) is 6.40. The maximum absolute atomic E-state index is 12.2. The van der Waals surface area contributed by atoms with Gasteiger partial charge in [0.25, 0.3) is 0 Å². The molecule has 1 saturated carbocycles. The van der Waals surface area contributed by atoms with Crippen LogP contribution in [-0.4, -0.2) is 23.8 Å². The fraction of sp³-hybridized carbons (Fsp3) is 0.650. The summed E-state index contributed by atoms with van der Waals surface area (Å²) in [5, 5.41) is 10.3. The van der Waals surface area contributed by atoms with Gasteiger partial charge in [0, 0.05) is 29.9 Å². The van der Waals surface area contributed by atoms with E-state index in [9.17, 15) is 9.90 Å². The van der Waals surface area contributed by atoms with Crippen molar-refractivity contribution in [3.05, 3.63) is 34.8 Å². The van der Waals surface area contributed by atoms with Crippen LogP contribution in [0.3, 0.4) is 0 Å². The standard InChI is InChI=1S/C20H28O4/c1-5-12(2)19(22)24-17-7-6-15-8-18-16(13(3)10-23-18)9-20(15,11-21)14(17)4/h5,10,14-15,17,21H,6-9,11H2,1-4H3. The minimum atomic E-state index is -0.239. The molecule has 1 fully saturated rings. The number of fused-ring (bicyclic) bond motifs is 2. The number of rotatable bonds is 3. The lowest BCUT2D eigenvalue weighted by atomic mass is 9.54. The maximum atomic E-state index is 12.2. The van der Waals surface area contributed by atoms with Crippen molar-refractivity contribution < 1.29 is 19.1 Å². The van der Waals surface area contributed by atoms with Crippen molar-refractivity contribution in [3.63, 3.8) is 0 Å². The van der Waals surface area contributed by atoms with Gasteiger partial charge >= 0.3 is 5.97 Å². The zero-order chi connectivity index (χ0) is 17.5. The summed E-state index contributed by atoms with van der Waals surface area (Å²) in [6.45, 7) is 7.94. The predicted octanol–water partition coefficient (Wildman–Crippen LogP) is 3.59. The number of carbonyl (C=O) groups excluding carboxylic acids is 1. The molecule has 4 heteroatoms. The molecule has 1 heterocycles. The highest BCUT2D eigenvalue weighted by Crippen LogP contribution is 2.53. The van der Waals surface area contributed by atoms with E-state index < -0.39 is 0 Å². The molecule has 132 valence electrons. The molecule has 0 bridgehead atoms. The lowest BCUT2D eigenvalue weighted by Crippen LogP contribution is -2.53. The van der Waals surface area contributed by atoms with Crippen molar-refractivity contribution in [3.8, 4) is 0 Å². The first-order valence-electron chi connectivity index (χ1n) is 8.93. The van der Waals surface area contributed by atoms with Gasteiger partial charge in [-0.25, -0.2) is 4.79 Å². The van der Waals surface area contributed by atoms with Crippen molar-refractivity contribution >= 4 is 5.97 Å². The smallest absolute Gasteiger partial charge is 0.333 e. The number of esters is 1. The molecule has 0 amide bonds. The summed E-state index contributed by atoms with van der Waals surface area (Å²) in [7, 11) is 0. The Bertz CT molecular complexity index is 657. The van der Waals surface area contributed by atoms with Gasteiger partial charge in [0.15, 0.2) is 0 Å². The van der Waals surface area contributed by atoms with E-state index in [-0.39, 0.29) is 30.0 Å². The van der Waals surface area contributed by atoms with Gasteiger partial charge in [-0.1, -0.05) is 13.0 Å². The Morgan fingerprint density at radius 3 is 2.92 bits per heavy atom. The first kappa shape index (κ1) is 17.3. The molecule has 0 aromatic carbocycles. The highest BCUT2D eigenvalue weighted by molar-refractivity contribution is 5.87. The van der Waals surface area contributed by atoms with Gasteiger partial charge < -0.3 is 14.3 Å². The molecule has 1 aromatic heterocycles. The van der Waals surface area contributed by atoms with E-state index in [2.05, 4.69) is 13.8 Å². The van der Waals surface area contributed by atoms with Crippen LogP contribution in [0.25, 0.3) is 0 Å². The van der Waals surface area contributed by atoms with Gasteiger partial charge in [-0.05, 0) is 57.1 Å². The molecule has 24 heavy (non-hydrogen) atoms. The minimum Gasteiger partial charge on any atom is -0.469 e. The second-order valence-electron chi connectivity index (χ2n) is 7.57. The number of aryl methyl sites for hydroxylation is 1. The number of allylic oxidation sites excluding steroid dienone is 1. The van der Waals surface area contributed by atoms with Crippen LogP contribution >= 0.6 is 0 Å². The number of ether oxygens (including phenoxy) is 1. The number of furan rings is 1. The van der Waals surface area contributed by atoms with Crippen LogP contribution in [0.15, 0.2) is 22.3 Å². The predicted molar refractivity (Wildman–Crippen MR) is 91.6 cm³/mol. The average Bonchev–Trinajstić information content (AvgIpc) is 2.95. The molecular formula is C20H28O4. The summed E-state index contributed by atoms with van der Waals surface area (Å²) in [6.07, 6.45) is 6.96. The molecule has 4 atom stereocenters. The van der Waals surface area contributed by atoms with E-state index in [1.165, 1.54) is 5.56 Å². The average molecular weight is 332 g/mol. The van der Waals surface area contributed by atoms with Gasteiger partial charge in [-0.15, -0.1) is 0 Å². The Morgan fingerprint density at radius 2 is 2.25 bits per heavy atom. The summed E-state index contributed by atoms with van der Waals surface area (Å²) >= 11 is 0. The lowest BCUT2D eigenvalue weighted by molar-refractivity contribution is -0.160. The first-order valence-corrected chi connectivity index (χ1v) is 8.93. The third-order valence-corrected chi connectivity index (χ3v) is 6.51. The van der Waals surface area contributed by atoms with Gasteiger partial charge in [0.05, 0.1) is 6.26 Å². The Morgan fingerprint density at radius 1 is 1.50 bits per heavy atom. The Hall–Kier alpha value is -1.55. The van der Waals surface area contributed by atoms with Crippen LogP contribution in [0.1, 0.15) is 50.5 Å². The zero-order valence-electron chi connectivity index (χ0n) is 15.1. The highest BCUT2D eigenvalue weighted by atomic mass is 16.5. The molecule has 0 spiro atoms. The van der Waals surface area contributed by atoms with E-state index in [4.69, 9.17) is 9.15 Å². The first-order chi connectivity index (χ1) is 11.4. The fourth-order valence-corrected chi connectivity index (χ4v) is 4.58. The molecule has 1 N–H and O–H groups in total. The summed E-state index contributed by atoms with van der Waals surface area (Å²) in [5.74, 6) is 1.34. The topological polar surface area (TPSA) is 59.7 Å². The van der Waals surface area contributed by atoms with E-state index in [0.29, 0.717) is 11.5 Å². The van der Waals surface area contributed by atoms with Crippen molar-refractivity contribution in [2.45, 2.75) is 59.5 Å².